The lowest BCUT2D eigenvalue weighted by Gasteiger charge is -2.11. The molecule has 1 N–H and O–H groups in total. The summed E-state index contributed by atoms with van der Waals surface area (Å²) in [6.07, 6.45) is -3.91. The van der Waals surface area contributed by atoms with Gasteiger partial charge in [-0.3, -0.25) is 4.79 Å². The molecule has 0 aromatic heterocycles. The van der Waals surface area contributed by atoms with Crippen LogP contribution in [0.4, 0.5) is 18.9 Å². The van der Waals surface area contributed by atoms with Crippen LogP contribution in [0.2, 0.25) is 0 Å². The molecule has 20 heavy (non-hydrogen) atoms. The van der Waals surface area contributed by atoms with Crippen LogP contribution in [0.1, 0.15) is 24.5 Å². The SMILES string of the molecule is CCCOCC(=O)Nc1ccc(C#N)c(C(F)(F)F)c1. The third-order valence-corrected chi connectivity index (χ3v) is 2.31. The van der Waals surface area contributed by atoms with E-state index >= 15 is 0 Å². The molecule has 0 saturated heterocycles. The lowest BCUT2D eigenvalue weighted by atomic mass is 10.1. The predicted molar refractivity (Wildman–Crippen MR) is 65.9 cm³/mol. The number of nitrogens with one attached hydrogen (secondary N) is 1. The summed E-state index contributed by atoms with van der Waals surface area (Å²) in [5.41, 5.74) is -1.59. The second-order valence-electron chi connectivity index (χ2n) is 3.97. The van der Waals surface area contributed by atoms with Crippen molar-refractivity contribution in [2.45, 2.75) is 19.5 Å². The summed E-state index contributed by atoms with van der Waals surface area (Å²) < 4.78 is 43.1. The van der Waals surface area contributed by atoms with Crippen molar-refractivity contribution < 1.29 is 22.7 Å². The largest absolute Gasteiger partial charge is 0.417 e. The minimum atomic E-state index is -4.65. The maximum absolute atomic E-state index is 12.7. The smallest absolute Gasteiger partial charge is 0.372 e. The molecule has 0 aliphatic carbocycles. The Hall–Kier alpha value is -2.07. The number of ether oxygens (including phenoxy) is 1. The quantitative estimate of drug-likeness (QED) is 0.846. The predicted octanol–water partition coefficient (Wildman–Crippen LogP) is 2.94. The van der Waals surface area contributed by atoms with Crippen LogP contribution < -0.4 is 5.32 Å². The van der Waals surface area contributed by atoms with Crippen LogP contribution in [0.5, 0.6) is 0 Å². The molecule has 0 saturated carbocycles. The van der Waals surface area contributed by atoms with Crippen LogP contribution in [0.3, 0.4) is 0 Å². The van der Waals surface area contributed by atoms with Gasteiger partial charge in [-0.15, -0.1) is 0 Å². The van der Waals surface area contributed by atoms with E-state index in [0.717, 1.165) is 18.6 Å². The molecule has 0 atom stereocenters. The molecule has 7 heteroatoms. The van der Waals surface area contributed by atoms with E-state index in [1.807, 2.05) is 6.92 Å². The van der Waals surface area contributed by atoms with Crippen molar-refractivity contribution >= 4 is 11.6 Å². The lowest BCUT2D eigenvalue weighted by Crippen LogP contribution is -2.19. The summed E-state index contributed by atoms with van der Waals surface area (Å²) in [6.45, 7) is 2.04. The summed E-state index contributed by atoms with van der Waals surface area (Å²) in [6, 6.07) is 4.46. The molecule has 0 aliphatic heterocycles. The van der Waals surface area contributed by atoms with Gasteiger partial charge in [0.15, 0.2) is 0 Å². The number of halogens is 3. The number of anilines is 1. The van der Waals surface area contributed by atoms with E-state index in [1.54, 1.807) is 0 Å². The number of benzene rings is 1. The number of rotatable bonds is 5. The summed E-state index contributed by atoms with van der Waals surface area (Å²) in [7, 11) is 0. The average Bonchev–Trinajstić information content (AvgIpc) is 2.38. The second-order valence-corrected chi connectivity index (χ2v) is 3.97. The molecule has 1 aromatic rings. The van der Waals surface area contributed by atoms with E-state index in [1.165, 1.54) is 12.1 Å². The Morgan fingerprint density at radius 3 is 2.70 bits per heavy atom. The van der Waals surface area contributed by atoms with Crippen LogP contribution in [0, 0.1) is 11.3 Å². The van der Waals surface area contributed by atoms with Crippen molar-refractivity contribution in [2.24, 2.45) is 0 Å². The number of nitrogens with zero attached hydrogens (tertiary/aromatic N) is 1. The maximum atomic E-state index is 12.7. The van der Waals surface area contributed by atoms with Gasteiger partial charge in [0.1, 0.15) is 6.61 Å². The van der Waals surface area contributed by atoms with Crippen molar-refractivity contribution in [2.75, 3.05) is 18.5 Å². The van der Waals surface area contributed by atoms with E-state index in [0.29, 0.717) is 6.61 Å². The highest BCUT2D eigenvalue weighted by molar-refractivity contribution is 5.91. The molecule has 1 aromatic carbocycles. The molecule has 0 radical (unpaired) electrons. The summed E-state index contributed by atoms with van der Waals surface area (Å²) in [5.74, 6) is -0.545. The highest BCUT2D eigenvalue weighted by atomic mass is 19.4. The summed E-state index contributed by atoms with van der Waals surface area (Å²) in [5, 5.41) is 10.9. The molecule has 108 valence electrons. The molecule has 0 fully saturated rings. The van der Waals surface area contributed by atoms with Crippen molar-refractivity contribution in [3.05, 3.63) is 29.3 Å². The Labute approximate surface area is 114 Å². The summed E-state index contributed by atoms with van der Waals surface area (Å²) >= 11 is 0. The van der Waals surface area contributed by atoms with Gasteiger partial charge in [0.05, 0.1) is 17.2 Å². The highest BCUT2D eigenvalue weighted by Gasteiger charge is 2.33. The normalized spacial score (nSPS) is 10.9. The number of carbonyl (C=O) groups excluding carboxylic acids is 1. The van der Waals surface area contributed by atoms with E-state index < -0.39 is 23.2 Å². The van der Waals surface area contributed by atoms with Gasteiger partial charge >= 0.3 is 6.18 Å². The number of hydrogen-bond acceptors (Lipinski definition) is 3. The van der Waals surface area contributed by atoms with Gasteiger partial charge in [-0.05, 0) is 24.6 Å². The Balaban J connectivity index is 2.83. The number of alkyl halides is 3. The van der Waals surface area contributed by atoms with E-state index in [9.17, 15) is 18.0 Å². The summed E-state index contributed by atoms with van der Waals surface area (Å²) in [4.78, 5) is 11.4. The zero-order valence-corrected chi connectivity index (χ0v) is 10.8. The third-order valence-electron chi connectivity index (χ3n) is 2.31. The zero-order valence-electron chi connectivity index (χ0n) is 10.8. The number of hydrogen-bond donors (Lipinski definition) is 1. The van der Waals surface area contributed by atoms with E-state index in [-0.39, 0.29) is 12.3 Å². The minimum Gasteiger partial charge on any atom is -0.372 e. The Kier molecular flexibility index (Phi) is 5.53. The first kappa shape index (κ1) is 16.0. The van der Waals surface area contributed by atoms with Crippen LogP contribution in [0.25, 0.3) is 0 Å². The van der Waals surface area contributed by atoms with Crippen LogP contribution in [0.15, 0.2) is 18.2 Å². The van der Waals surface area contributed by atoms with Crippen molar-refractivity contribution in [3.8, 4) is 6.07 Å². The number of amides is 1. The highest BCUT2D eigenvalue weighted by Crippen LogP contribution is 2.33. The van der Waals surface area contributed by atoms with Gasteiger partial charge in [-0.25, -0.2) is 0 Å². The van der Waals surface area contributed by atoms with Gasteiger partial charge in [-0.2, -0.15) is 18.4 Å². The topological polar surface area (TPSA) is 62.1 Å². The fourth-order valence-corrected chi connectivity index (χ4v) is 1.46. The standard InChI is InChI=1S/C13H13F3N2O2/c1-2-5-20-8-12(19)18-10-4-3-9(7-17)11(6-10)13(14,15)16/h3-4,6H,2,5,8H2,1H3,(H,18,19). The van der Waals surface area contributed by atoms with Gasteiger partial charge < -0.3 is 10.1 Å². The van der Waals surface area contributed by atoms with Crippen LogP contribution in [-0.2, 0) is 15.7 Å². The van der Waals surface area contributed by atoms with Gasteiger partial charge in [0.2, 0.25) is 5.91 Å². The van der Waals surface area contributed by atoms with E-state index in [2.05, 4.69) is 5.32 Å². The molecule has 0 heterocycles. The van der Waals surface area contributed by atoms with Crippen molar-refractivity contribution in [1.29, 1.82) is 5.26 Å². The Morgan fingerprint density at radius 1 is 1.45 bits per heavy atom. The maximum Gasteiger partial charge on any atom is 0.417 e. The fourth-order valence-electron chi connectivity index (χ4n) is 1.46. The zero-order chi connectivity index (χ0) is 15.2. The van der Waals surface area contributed by atoms with Crippen LogP contribution in [-0.4, -0.2) is 19.1 Å². The van der Waals surface area contributed by atoms with Gasteiger partial charge in [0, 0.05) is 12.3 Å². The number of nitriles is 1. The minimum absolute atomic E-state index is 0.0265. The van der Waals surface area contributed by atoms with Gasteiger partial charge in [0.25, 0.3) is 0 Å². The number of carbonyl (C=O) groups is 1. The molecule has 0 bridgehead atoms. The first-order valence-corrected chi connectivity index (χ1v) is 5.87. The molecule has 0 spiro atoms. The molecule has 0 unspecified atom stereocenters. The first-order chi connectivity index (χ1) is 9.38. The van der Waals surface area contributed by atoms with Gasteiger partial charge in [-0.1, -0.05) is 6.92 Å². The molecule has 0 aliphatic rings. The molecule has 1 rings (SSSR count). The molecule has 4 nitrogen and oxygen atoms in total. The van der Waals surface area contributed by atoms with Crippen molar-refractivity contribution in [3.63, 3.8) is 0 Å². The molecule has 1 amide bonds. The van der Waals surface area contributed by atoms with Crippen molar-refractivity contribution in [1.82, 2.24) is 0 Å². The second kappa shape index (κ2) is 6.91. The third kappa shape index (κ3) is 4.55. The first-order valence-electron chi connectivity index (χ1n) is 5.87. The fraction of sp³-hybridized carbons (Fsp3) is 0.385. The Bertz CT molecular complexity index is 521. The van der Waals surface area contributed by atoms with E-state index in [4.69, 9.17) is 10.00 Å². The molecular weight excluding hydrogens is 273 g/mol. The monoisotopic (exact) mass is 286 g/mol. The lowest BCUT2D eigenvalue weighted by molar-refractivity contribution is -0.137. The molecular formula is C13H13F3N2O2. The Morgan fingerprint density at radius 2 is 2.15 bits per heavy atom. The van der Waals surface area contributed by atoms with Crippen LogP contribution >= 0.6 is 0 Å². The average molecular weight is 286 g/mol.